The predicted octanol–water partition coefficient (Wildman–Crippen LogP) is 2.95. The lowest BCUT2D eigenvalue weighted by Crippen LogP contribution is -2.34. The van der Waals surface area contributed by atoms with Crippen molar-refractivity contribution in [2.45, 2.75) is 26.3 Å². The van der Waals surface area contributed by atoms with Crippen molar-refractivity contribution in [1.82, 2.24) is 5.32 Å². The second-order valence-corrected chi connectivity index (χ2v) is 4.48. The molecule has 0 fully saturated rings. The largest absolute Gasteiger partial charge is 0.459 e. The number of nitrogens with one attached hydrogen (secondary N) is 1. The van der Waals surface area contributed by atoms with Crippen molar-refractivity contribution in [2.24, 2.45) is 0 Å². The fourth-order valence-corrected chi connectivity index (χ4v) is 1.92. The molecule has 3 nitrogen and oxygen atoms in total. The lowest BCUT2D eigenvalue weighted by molar-refractivity contribution is 0.0912. The van der Waals surface area contributed by atoms with Crippen LogP contribution < -0.4 is 5.32 Å². The Morgan fingerprint density at radius 3 is 2.72 bits per heavy atom. The van der Waals surface area contributed by atoms with E-state index in [9.17, 15) is 4.79 Å². The van der Waals surface area contributed by atoms with Crippen molar-refractivity contribution in [2.75, 3.05) is 0 Å². The quantitative estimate of drug-likeness (QED) is 0.897. The molecule has 1 aromatic carbocycles. The monoisotopic (exact) mass is 243 g/mol. The van der Waals surface area contributed by atoms with Crippen molar-refractivity contribution < 1.29 is 9.21 Å². The van der Waals surface area contributed by atoms with E-state index < -0.39 is 0 Å². The van der Waals surface area contributed by atoms with Gasteiger partial charge < -0.3 is 9.73 Å². The maximum atomic E-state index is 11.8. The molecule has 0 radical (unpaired) electrons. The van der Waals surface area contributed by atoms with Crippen molar-refractivity contribution in [3.8, 4) is 0 Å². The van der Waals surface area contributed by atoms with Gasteiger partial charge in [-0.1, -0.05) is 24.3 Å². The SMILES string of the molecule is Cc1ccccc1CC(C)NC(=O)c1ccco1. The number of carbonyl (C=O) groups excluding carboxylic acids is 1. The Labute approximate surface area is 107 Å². The average Bonchev–Trinajstić information content (AvgIpc) is 2.85. The van der Waals surface area contributed by atoms with Crippen molar-refractivity contribution in [3.05, 3.63) is 59.5 Å². The van der Waals surface area contributed by atoms with Crippen LogP contribution >= 0.6 is 0 Å². The Morgan fingerprint density at radius 2 is 2.06 bits per heavy atom. The minimum absolute atomic E-state index is 0.0729. The highest BCUT2D eigenvalue weighted by molar-refractivity contribution is 5.91. The van der Waals surface area contributed by atoms with E-state index in [0.29, 0.717) is 5.76 Å². The summed E-state index contributed by atoms with van der Waals surface area (Å²) in [6.45, 7) is 4.07. The number of aryl methyl sites for hydroxylation is 1. The number of benzene rings is 1. The Balaban J connectivity index is 1.95. The lowest BCUT2D eigenvalue weighted by atomic mass is 10.0. The number of rotatable bonds is 4. The zero-order valence-electron chi connectivity index (χ0n) is 10.6. The fourth-order valence-electron chi connectivity index (χ4n) is 1.92. The van der Waals surface area contributed by atoms with E-state index in [1.807, 2.05) is 19.1 Å². The summed E-state index contributed by atoms with van der Waals surface area (Å²) in [5, 5.41) is 2.93. The highest BCUT2D eigenvalue weighted by Gasteiger charge is 2.12. The number of hydrogen-bond acceptors (Lipinski definition) is 2. The maximum Gasteiger partial charge on any atom is 0.287 e. The summed E-state index contributed by atoms with van der Waals surface area (Å²) in [6, 6.07) is 11.6. The molecule has 3 heteroatoms. The summed E-state index contributed by atoms with van der Waals surface area (Å²) in [4.78, 5) is 11.8. The molecular formula is C15H17NO2. The van der Waals surface area contributed by atoms with Crippen LogP contribution in [0.2, 0.25) is 0 Å². The molecule has 18 heavy (non-hydrogen) atoms. The van der Waals surface area contributed by atoms with Gasteiger partial charge in [-0.2, -0.15) is 0 Å². The van der Waals surface area contributed by atoms with Gasteiger partial charge in [-0.05, 0) is 43.5 Å². The first-order valence-electron chi connectivity index (χ1n) is 6.05. The second-order valence-electron chi connectivity index (χ2n) is 4.48. The predicted molar refractivity (Wildman–Crippen MR) is 70.5 cm³/mol. The third-order valence-electron chi connectivity index (χ3n) is 2.91. The van der Waals surface area contributed by atoms with Crippen LogP contribution in [0.1, 0.15) is 28.6 Å². The maximum absolute atomic E-state index is 11.8. The Bertz CT molecular complexity index is 517. The van der Waals surface area contributed by atoms with E-state index in [-0.39, 0.29) is 11.9 Å². The summed E-state index contributed by atoms with van der Waals surface area (Å²) in [5.41, 5.74) is 2.50. The van der Waals surface area contributed by atoms with Crippen LogP contribution in [0.3, 0.4) is 0 Å². The third kappa shape index (κ3) is 3.00. The summed E-state index contributed by atoms with van der Waals surface area (Å²) in [7, 11) is 0. The molecule has 2 rings (SSSR count). The van der Waals surface area contributed by atoms with Crippen LogP contribution in [-0.4, -0.2) is 11.9 Å². The zero-order valence-corrected chi connectivity index (χ0v) is 10.6. The van der Waals surface area contributed by atoms with Gasteiger partial charge in [0, 0.05) is 6.04 Å². The smallest absolute Gasteiger partial charge is 0.287 e. The van der Waals surface area contributed by atoms with Gasteiger partial charge in [-0.15, -0.1) is 0 Å². The van der Waals surface area contributed by atoms with E-state index in [1.54, 1.807) is 12.1 Å². The molecule has 1 heterocycles. The van der Waals surface area contributed by atoms with Crippen LogP contribution in [0.5, 0.6) is 0 Å². The second kappa shape index (κ2) is 5.54. The summed E-state index contributed by atoms with van der Waals surface area (Å²) in [6.07, 6.45) is 2.32. The topological polar surface area (TPSA) is 42.2 Å². The van der Waals surface area contributed by atoms with E-state index in [1.165, 1.54) is 17.4 Å². The van der Waals surface area contributed by atoms with Crippen molar-refractivity contribution >= 4 is 5.91 Å². The van der Waals surface area contributed by atoms with E-state index in [2.05, 4.69) is 24.4 Å². The van der Waals surface area contributed by atoms with Gasteiger partial charge in [-0.25, -0.2) is 0 Å². The molecule has 1 atom stereocenters. The average molecular weight is 243 g/mol. The zero-order chi connectivity index (χ0) is 13.0. The fraction of sp³-hybridized carbons (Fsp3) is 0.267. The standard InChI is InChI=1S/C15H17NO2/c1-11-6-3-4-7-13(11)10-12(2)16-15(17)14-8-5-9-18-14/h3-9,12H,10H2,1-2H3,(H,16,17). The van der Waals surface area contributed by atoms with Gasteiger partial charge in [0.1, 0.15) is 0 Å². The number of carbonyl (C=O) groups is 1. The molecule has 0 spiro atoms. The highest BCUT2D eigenvalue weighted by Crippen LogP contribution is 2.10. The molecular weight excluding hydrogens is 226 g/mol. The first-order chi connectivity index (χ1) is 8.66. The van der Waals surface area contributed by atoms with Crippen LogP contribution in [0.4, 0.5) is 0 Å². The highest BCUT2D eigenvalue weighted by atomic mass is 16.3. The van der Waals surface area contributed by atoms with Gasteiger partial charge in [0.2, 0.25) is 0 Å². The molecule has 0 saturated carbocycles. The molecule has 2 aromatic rings. The van der Waals surface area contributed by atoms with E-state index >= 15 is 0 Å². The van der Waals surface area contributed by atoms with Gasteiger partial charge >= 0.3 is 0 Å². The molecule has 0 saturated heterocycles. The summed E-state index contributed by atoms with van der Waals surface area (Å²) < 4.78 is 5.06. The van der Waals surface area contributed by atoms with Gasteiger partial charge in [0.15, 0.2) is 5.76 Å². The van der Waals surface area contributed by atoms with Crippen LogP contribution in [0.25, 0.3) is 0 Å². The van der Waals surface area contributed by atoms with Crippen molar-refractivity contribution in [3.63, 3.8) is 0 Å². The minimum atomic E-state index is -0.166. The van der Waals surface area contributed by atoms with Gasteiger partial charge in [0.25, 0.3) is 5.91 Å². The van der Waals surface area contributed by atoms with Crippen LogP contribution in [0, 0.1) is 6.92 Å². The third-order valence-corrected chi connectivity index (χ3v) is 2.91. The van der Waals surface area contributed by atoms with E-state index in [0.717, 1.165) is 6.42 Å². The first-order valence-corrected chi connectivity index (χ1v) is 6.05. The molecule has 1 amide bonds. The van der Waals surface area contributed by atoms with Gasteiger partial charge in [0.05, 0.1) is 6.26 Å². The van der Waals surface area contributed by atoms with E-state index in [4.69, 9.17) is 4.42 Å². The van der Waals surface area contributed by atoms with Crippen molar-refractivity contribution in [1.29, 1.82) is 0 Å². The molecule has 0 aliphatic heterocycles. The first kappa shape index (κ1) is 12.4. The molecule has 1 N–H and O–H groups in total. The summed E-state index contributed by atoms with van der Waals surface area (Å²) in [5.74, 6) is 0.188. The Kier molecular flexibility index (Phi) is 3.82. The number of amides is 1. The molecule has 1 aromatic heterocycles. The molecule has 0 aliphatic carbocycles. The molecule has 0 bridgehead atoms. The Hall–Kier alpha value is -2.03. The number of hydrogen-bond donors (Lipinski definition) is 1. The molecule has 1 unspecified atom stereocenters. The Morgan fingerprint density at radius 1 is 1.28 bits per heavy atom. The van der Waals surface area contributed by atoms with Gasteiger partial charge in [-0.3, -0.25) is 4.79 Å². The van der Waals surface area contributed by atoms with Crippen LogP contribution in [-0.2, 0) is 6.42 Å². The molecule has 94 valence electrons. The lowest BCUT2D eigenvalue weighted by Gasteiger charge is -2.14. The normalized spacial score (nSPS) is 12.1. The number of furan rings is 1. The summed E-state index contributed by atoms with van der Waals surface area (Å²) >= 11 is 0. The van der Waals surface area contributed by atoms with Crippen LogP contribution in [0.15, 0.2) is 47.1 Å². The minimum Gasteiger partial charge on any atom is -0.459 e. The molecule has 0 aliphatic rings.